The van der Waals surface area contributed by atoms with Crippen molar-refractivity contribution in [3.8, 4) is 0 Å². The average Bonchev–Trinajstić information content (AvgIpc) is 2.73. The Morgan fingerprint density at radius 1 is 0.889 bits per heavy atom. The van der Waals surface area contributed by atoms with Crippen LogP contribution in [0.4, 0.5) is 5.69 Å². The van der Waals surface area contributed by atoms with Gasteiger partial charge in [0.1, 0.15) is 0 Å². The van der Waals surface area contributed by atoms with Crippen LogP contribution in [0.15, 0.2) is 59.7 Å². The molecule has 0 radical (unpaired) electrons. The van der Waals surface area contributed by atoms with Gasteiger partial charge in [-0.3, -0.25) is 9.59 Å². The summed E-state index contributed by atoms with van der Waals surface area (Å²) in [6, 6.07) is 16.6. The summed E-state index contributed by atoms with van der Waals surface area (Å²) >= 11 is 0. The van der Waals surface area contributed by atoms with E-state index >= 15 is 0 Å². The molecule has 0 aromatic heterocycles. The minimum atomic E-state index is -0.282. The maximum Gasteiger partial charge on any atom is 0.271 e. The van der Waals surface area contributed by atoms with Gasteiger partial charge in [0, 0.05) is 17.2 Å². The molecule has 2 amide bonds. The summed E-state index contributed by atoms with van der Waals surface area (Å²) in [7, 11) is 0. The zero-order valence-corrected chi connectivity index (χ0v) is 15.6. The van der Waals surface area contributed by atoms with E-state index in [4.69, 9.17) is 0 Å². The standard InChI is InChI=1S/C22H25N3O2/c1-16(17-8-4-2-5-9-17)24-25-22(27)19-12-14-20(15-13-19)23-21(26)18-10-6-3-7-11-18/h2,4-5,8-9,12-15,18H,3,6-7,10-11H2,1H3,(H,23,26)(H,25,27). The SMILES string of the molecule is CC(=NNC(=O)c1ccc(NC(=O)C2CCCCC2)cc1)c1ccccc1. The van der Waals surface area contributed by atoms with Gasteiger partial charge in [0.25, 0.3) is 5.91 Å². The maximum absolute atomic E-state index is 12.3. The zero-order valence-electron chi connectivity index (χ0n) is 15.6. The molecule has 2 aromatic carbocycles. The summed E-state index contributed by atoms with van der Waals surface area (Å²) in [6.45, 7) is 1.85. The Kier molecular flexibility index (Phi) is 6.36. The minimum Gasteiger partial charge on any atom is -0.326 e. The molecule has 5 heteroatoms. The first-order valence-corrected chi connectivity index (χ1v) is 9.44. The number of carbonyl (C=O) groups excluding carboxylic acids is 2. The Morgan fingerprint density at radius 2 is 1.56 bits per heavy atom. The lowest BCUT2D eigenvalue weighted by molar-refractivity contribution is -0.120. The van der Waals surface area contributed by atoms with E-state index in [9.17, 15) is 9.59 Å². The van der Waals surface area contributed by atoms with Crippen LogP contribution in [0.3, 0.4) is 0 Å². The van der Waals surface area contributed by atoms with Crippen molar-refractivity contribution < 1.29 is 9.59 Å². The maximum atomic E-state index is 12.3. The topological polar surface area (TPSA) is 70.6 Å². The van der Waals surface area contributed by atoms with Crippen LogP contribution in [0.5, 0.6) is 0 Å². The molecule has 140 valence electrons. The molecule has 0 heterocycles. The second kappa shape index (κ2) is 9.12. The molecule has 2 aromatic rings. The lowest BCUT2D eigenvalue weighted by Crippen LogP contribution is -2.24. The number of rotatable bonds is 5. The second-order valence-electron chi connectivity index (χ2n) is 6.91. The van der Waals surface area contributed by atoms with Crippen LogP contribution in [-0.2, 0) is 4.79 Å². The first-order valence-electron chi connectivity index (χ1n) is 9.44. The van der Waals surface area contributed by atoms with Gasteiger partial charge in [-0.2, -0.15) is 5.10 Å². The smallest absolute Gasteiger partial charge is 0.271 e. The number of nitrogens with one attached hydrogen (secondary N) is 2. The molecule has 2 N–H and O–H groups in total. The van der Waals surface area contributed by atoms with Gasteiger partial charge in [-0.15, -0.1) is 0 Å². The largest absolute Gasteiger partial charge is 0.326 e. The highest BCUT2D eigenvalue weighted by Crippen LogP contribution is 2.25. The van der Waals surface area contributed by atoms with Gasteiger partial charge in [0.15, 0.2) is 0 Å². The summed E-state index contributed by atoms with van der Waals surface area (Å²) in [6.07, 6.45) is 5.40. The van der Waals surface area contributed by atoms with E-state index in [2.05, 4.69) is 15.8 Å². The molecule has 1 aliphatic rings. The average molecular weight is 363 g/mol. The summed E-state index contributed by atoms with van der Waals surface area (Å²) < 4.78 is 0. The van der Waals surface area contributed by atoms with E-state index in [-0.39, 0.29) is 17.7 Å². The van der Waals surface area contributed by atoms with Gasteiger partial charge in [0.05, 0.1) is 5.71 Å². The number of hydrogen-bond donors (Lipinski definition) is 2. The Labute approximate surface area is 159 Å². The first-order chi connectivity index (χ1) is 13.1. The van der Waals surface area contributed by atoms with Crippen LogP contribution in [0.25, 0.3) is 0 Å². The van der Waals surface area contributed by atoms with E-state index in [1.807, 2.05) is 37.3 Å². The van der Waals surface area contributed by atoms with Crippen molar-refractivity contribution in [2.24, 2.45) is 11.0 Å². The fourth-order valence-corrected chi connectivity index (χ4v) is 3.26. The highest BCUT2D eigenvalue weighted by Gasteiger charge is 2.21. The zero-order chi connectivity index (χ0) is 19.1. The summed E-state index contributed by atoms with van der Waals surface area (Å²) in [5.41, 5.74) is 5.47. The van der Waals surface area contributed by atoms with Crippen molar-refractivity contribution in [3.63, 3.8) is 0 Å². The number of hydrazone groups is 1. The molecule has 0 saturated heterocycles. The molecule has 0 atom stereocenters. The van der Waals surface area contributed by atoms with Crippen LogP contribution in [-0.4, -0.2) is 17.5 Å². The third-order valence-corrected chi connectivity index (χ3v) is 4.91. The van der Waals surface area contributed by atoms with Gasteiger partial charge < -0.3 is 5.32 Å². The molecule has 1 aliphatic carbocycles. The monoisotopic (exact) mass is 363 g/mol. The van der Waals surface area contributed by atoms with Crippen LogP contribution in [0.1, 0.15) is 54.9 Å². The summed E-state index contributed by atoms with van der Waals surface area (Å²) in [5, 5.41) is 7.10. The molecular formula is C22H25N3O2. The quantitative estimate of drug-likeness (QED) is 0.612. The molecule has 3 rings (SSSR count). The van der Waals surface area contributed by atoms with Crippen molar-refractivity contribution in [2.75, 3.05) is 5.32 Å². The summed E-state index contributed by atoms with van der Waals surface area (Å²) in [4.78, 5) is 24.5. The number of hydrogen-bond acceptors (Lipinski definition) is 3. The Hall–Kier alpha value is -2.95. The number of carbonyl (C=O) groups is 2. The predicted molar refractivity (Wildman–Crippen MR) is 108 cm³/mol. The van der Waals surface area contributed by atoms with Crippen LogP contribution in [0.2, 0.25) is 0 Å². The lowest BCUT2D eigenvalue weighted by atomic mass is 9.88. The van der Waals surface area contributed by atoms with Gasteiger partial charge in [-0.1, -0.05) is 49.6 Å². The van der Waals surface area contributed by atoms with E-state index in [0.717, 1.165) is 37.0 Å². The van der Waals surface area contributed by atoms with Crippen molar-refractivity contribution in [3.05, 3.63) is 65.7 Å². The van der Waals surface area contributed by atoms with Gasteiger partial charge >= 0.3 is 0 Å². The van der Waals surface area contributed by atoms with E-state index in [1.165, 1.54) is 6.42 Å². The molecule has 0 spiro atoms. The lowest BCUT2D eigenvalue weighted by Gasteiger charge is -2.20. The van der Waals surface area contributed by atoms with Gasteiger partial charge in [-0.25, -0.2) is 5.43 Å². The third-order valence-electron chi connectivity index (χ3n) is 4.91. The molecule has 0 unspecified atom stereocenters. The van der Waals surface area contributed by atoms with Crippen molar-refractivity contribution in [1.82, 2.24) is 5.43 Å². The fourth-order valence-electron chi connectivity index (χ4n) is 3.26. The normalized spacial score (nSPS) is 15.2. The minimum absolute atomic E-state index is 0.0787. The molecule has 27 heavy (non-hydrogen) atoms. The number of benzene rings is 2. The Morgan fingerprint density at radius 3 is 2.22 bits per heavy atom. The van der Waals surface area contributed by atoms with E-state index in [1.54, 1.807) is 24.3 Å². The molecule has 1 fully saturated rings. The van der Waals surface area contributed by atoms with Crippen LogP contribution in [0, 0.1) is 5.92 Å². The molecular weight excluding hydrogens is 338 g/mol. The molecule has 5 nitrogen and oxygen atoms in total. The highest BCUT2D eigenvalue weighted by atomic mass is 16.2. The summed E-state index contributed by atoms with van der Waals surface area (Å²) in [5.74, 6) is -0.0950. The van der Waals surface area contributed by atoms with E-state index < -0.39 is 0 Å². The Balaban J connectivity index is 1.56. The Bertz CT molecular complexity index is 807. The number of anilines is 1. The van der Waals surface area contributed by atoms with Gasteiger partial charge in [-0.05, 0) is 49.6 Å². The predicted octanol–water partition coefficient (Wildman–Crippen LogP) is 4.36. The highest BCUT2D eigenvalue weighted by molar-refractivity contribution is 6.01. The first kappa shape index (κ1) is 18.8. The van der Waals surface area contributed by atoms with E-state index in [0.29, 0.717) is 11.3 Å². The molecule has 0 aliphatic heterocycles. The van der Waals surface area contributed by atoms with Crippen molar-refractivity contribution >= 4 is 23.2 Å². The van der Waals surface area contributed by atoms with Crippen LogP contribution >= 0.6 is 0 Å². The van der Waals surface area contributed by atoms with Crippen LogP contribution < -0.4 is 10.7 Å². The number of nitrogens with zero attached hydrogens (tertiary/aromatic N) is 1. The van der Waals surface area contributed by atoms with Gasteiger partial charge in [0.2, 0.25) is 5.91 Å². The third kappa shape index (κ3) is 5.26. The molecule has 0 bridgehead atoms. The fraction of sp³-hybridized carbons (Fsp3) is 0.318. The number of amides is 2. The van der Waals surface area contributed by atoms with Crippen molar-refractivity contribution in [1.29, 1.82) is 0 Å². The second-order valence-corrected chi connectivity index (χ2v) is 6.91. The van der Waals surface area contributed by atoms with Crippen molar-refractivity contribution in [2.45, 2.75) is 39.0 Å². The molecule has 1 saturated carbocycles.